The molecule has 0 bridgehead atoms. The van der Waals surface area contributed by atoms with Crippen LogP contribution in [-0.2, 0) is 16.1 Å². The first-order chi connectivity index (χ1) is 14.5. The van der Waals surface area contributed by atoms with Gasteiger partial charge in [0.2, 0.25) is 5.91 Å². The van der Waals surface area contributed by atoms with Crippen LogP contribution >= 0.6 is 23.2 Å². The fraction of sp³-hybridized carbons (Fsp3) is 0.391. The molecule has 2 aromatic rings. The Morgan fingerprint density at radius 3 is 2.30 bits per heavy atom. The molecule has 2 rings (SSSR count). The van der Waals surface area contributed by atoms with Crippen LogP contribution in [-0.4, -0.2) is 35.9 Å². The number of halogens is 2. The Balaban J connectivity index is 2.23. The van der Waals surface area contributed by atoms with E-state index in [4.69, 9.17) is 27.9 Å². The number of nitrogens with one attached hydrogen (secondary N) is 1. The number of amides is 2. The Morgan fingerprint density at radius 2 is 1.70 bits per heavy atom. The van der Waals surface area contributed by atoms with E-state index >= 15 is 0 Å². The molecule has 0 radical (unpaired) electrons. The molecule has 30 heavy (non-hydrogen) atoms. The second-order valence-corrected chi connectivity index (χ2v) is 7.71. The van der Waals surface area contributed by atoms with Crippen LogP contribution in [0.2, 0.25) is 10.0 Å². The SMILES string of the molecule is CCCCNC(=O)[C@H](CC)N(Cc1c(Cl)cccc1Cl)C(=O)COc1ccccc1. The van der Waals surface area contributed by atoms with E-state index in [1.165, 1.54) is 4.90 Å². The van der Waals surface area contributed by atoms with Gasteiger partial charge in [0, 0.05) is 28.7 Å². The van der Waals surface area contributed by atoms with Crippen LogP contribution in [0.25, 0.3) is 0 Å². The molecule has 0 heterocycles. The van der Waals surface area contributed by atoms with E-state index in [9.17, 15) is 9.59 Å². The Hall–Kier alpha value is -2.24. The first kappa shape index (κ1) is 24.0. The number of unbranched alkanes of at least 4 members (excludes halogenated alkanes) is 1. The van der Waals surface area contributed by atoms with Gasteiger partial charge in [-0.25, -0.2) is 0 Å². The normalized spacial score (nSPS) is 11.6. The van der Waals surface area contributed by atoms with Crippen molar-refractivity contribution >= 4 is 35.0 Å². The largest absolute Gasteiger partial charge is 0.484 e. The number of ether oxygens (including phenoxy) is 1. The smallest absolute Gasteiger partial charge is 0.261 e. The van der Waals surface area contributed by atoms with Crippen LogP contribution in [0.15, 0.2) is 48.5 Å². The third-order valence-electron chi connectivity index (χ3n) is 4.71. The lowest BCUT2D eigenvalue weighted by atomic mass is 10.1. The summed E-state index contributed by atoms with van der Waals surface area (Å²) in [5, 5.41) is 3.82. The molecule has 0 aliphatic carbocycles. The van der Waals surface area contributed by atoms with Crippen LogP contribution in [0, 0.1) is 0 Å². The summed E-state index contributed by atoms with van der Waals surface area (Å²) in [6, 6.07) is 13.6. The van der Waals surface area contributed by atoms with Gasteiger partial charge < -0.3 is 15.0 Å². The molecule has 0 fully saturated rings. The molecule has 0 aliphatic heterocycles. The Bertz CT molecular complexity index is 810. The Labute approximate surface area is 188 Å². The summed E-state index contributed by atoms with van der Waals surface area (Å²) >= 11 is 12.7. The average Bonchev–Trinajstić information content (AvgIpc) is 2.75. The molecule has 0 unspecified atom stereocenters. The van der Waals surface area contributed by atoms with Gasteiger partial charge in [-0.05, 0) is 37.1 Å². The van der Waals surface area contributed by atoms with Crippen molar-refractivity contribution < 1.29 is 14.3 Å². The summed E-state index contributed by atoms with van der Waals surface area (Å²) in [6.07, 6.45) is 2.31. The van der Waals surface area contributed by atoms with Crippen molar-refractivity contribution in [2.75, 3.05) is 13.2 Å². The number of carbonyl (C=O) groups is 2. The lowest BCUT2D eigenvalue weighted by Crippen LogP contribution is -2.50. The summed E-state index contributed by atoms with van der Waals surface area (Å²) in [4.78, 5) is 27.4. The third kappa shape index (κ3) is 6.92. The molecule has 7 heteroatoms. The fourth-order valence-electron chi connectivity index (χ4n) is 3.02. The lowest BCUT2D eigenvalue weighted by Gasteiger charge is -2.31. The van der Waals surface area contributed by atoms with Crippen molar-refractivity contribution in [1.82, 2.24) is 10.2 Å². The van der Waals surface area contributed by atoms with Crippen LogP contribution in [0.3, 0.4) is 0 Å². The second-order valence-electron chi connectivity index (χ2n) is 6.89. The number of hydrogen-bond donors (Lipinski definition) is 1. The van der Waals surface area contributed by atoms with Crippen LogP contribution in [0.1, 0.15) is 38.7 Å². The van der Waals surface area contributed by atoms with Crippen molar-refractivity contribution in [3.63, 3.8) is 0 Å². The van der Waals surface area contributed by atoms with Crippen LogP contribution < -0.4 is 10.1 Å². The van der Waals surface area contributed by atoms with Crippen molar-refractivity contribution in [3.8, 4) is 5.75 Å². The average molecular weight is 451 g/mol. The van der Waals surface area contributed by atoms with E-state index in [-0.39, 0.29) is 25.0 Å². The van der Waals surface area contributed by atoms with Gasteiger partial charge in [-0.1, -0.05) is 67.7 Å². The van der Waals surface area contributed by atoms with Gasteiger partial charge >= 0.3 is 0 Å². The summed E-state index contributed by atoms with van der Waals surface area (Å²) in [5.41, 5.74) is 0.605. The molecule has 2 aromatic carbocycles. The van der Waals surface area contributed by atoms with Crippen LogP contribution in [0.4, 0.5) is 0 Å². The molecule has 0 saturated heterocycles. The molecule has 1 N–H and O–H groups in total. The number of hydrogen-bond acceptors (Lipinski definition) is 3. The van der Waals surface area contributed by atoms with Gasteiger partial charge in [-0.15, -0.1) is 0 Å². The van der Waals surface area contributed by atoms with Crippen molar-refractivity contribution in [2.24, 2.45) is 0 Å². The Kier molecular flexibility index (Phi) is 9.98. The zero-order valence-corrected chi connectivity index (χ0v) is 18.9. The molecule has 0 aromatic heterocycles. The van der Waals surface area contributed by atoms with Crippen molar-refractivity contribution in [3.05, 3.63) is 64.1 Å². The molecule has 0 saturated carbocycles. The highest BCUT2D eigenvalue weighted by Crippen LogP contribution is 2.27. The van der Waals surface area contributed by atoms with E-state index in [0.29, 0.717) is 34.3 Å². The summed E-state index contributed by atoms with van der Waals surface area (Å²) in [5.74, 6) is 0.0801. The molecule has 0 spiro atoms. The maximum Gasteiger partial charge on any atom is 0.261 e. The number of para-hydroxylation sites is 1. The minimum atomic E-state index is -0.652. The van der Waals surface area contributed by atoms with Gasteiger partial charge in [0.05, 0.1) is 0 Å². The molecule has 1 atom stereocenters. The predicted molar refractivity (Wildman–Crippen MR) is 121 cm³/mol. The molecule has 2 amide bonds. The van der Waals surface area contributed by atoms with E-state index < -0.39 is 6.04 Å². The highest BCUT2D eigenvalue weighted by molar-refractivity contribution is 6.36. The van der Waals surface area contributed by atoms with E-state index in [1.807, 2.05) is 25.1 Å². The van der Waals surface area contributed by atoms with Gasteiger partial charge in [0.15, 0.2) is 6.61 Å². The van der Waals surface area contributed by atoms with Gasteiger partial charge in [-0.3, -0.25) is 9.59 Å². The topological polar surface area (TPSA) is 58.6 Å². The third-order valence-corrected chi connectivity index (χ3v) is 5.42. The van der Waals surface area contributed by atoms with Gasteiger partial charge in [0.1, 0.15) is 11.8 Å². The van der Waals surface area contributed by atoms with Crippen molar-refractivity contribution in [1.29, 1.82) is 0 Å². The number of nitrogens with zero attached hydrogens (tertiary/aromatic N) is 1. The van der Waals surface area contributed by atoms with Crippen LogP contribution in [0.5, 0.6) is 5.75 Å². The van der Waals surface area contributed by atoms with Gasteiger partial charge in [-0.2, -0.15) is 0 Å². The number of rotatable bonds is 11. The lowest BCUT2D eigenvalue weighted by molar-refractivity contribution is -0.143. The fourth-order valence-corrected chi connectivity index (χ4v) is 3.54. The first-order valence-corrected chi connectivity index (χ1v) is 10.9. The van der Waals surface area contributed by atoms with Gasteiger partial charge in [0.25, 0.3) is 5.91 Å². The molecular formula is C23H28Cl2N2O3. The minimum Gasteiger partial charge on any atom is -0.484 e. The summed E-state index contributed by atoms with van der Waals surface area (Å²) < 4.78 is 5.63. The molecule has 162 valence electrons. The quantitative estimate of drug-likeness (QED) is 0.484. The number of benzene rings is 2. The highest BCUT2D eigenvalue weighted by atomic mass is 35.5. The summed E-state index contributed by atoms with van der Waals surface area (Å²) in [7, 11) is 0. The standard InChI is InChI=1S/C23H28Cl2N2O3/c1-3-5-14-26-23(29)21(4-2)27(15-18-19(24)12-9-13-20(18)25)22(28)16-30-17-10-7-6-8-11-17/h6-13,21H,3-5,14-16H2,1-2H3,(H,26,29)/t21-/m0/s1. The van der Waals surface area contributed by atoms with E-state index in [1.54, 1.807) is 30.3 Å². The maximum absolute atomic E-state index is 13.1. The molecule has 5 nitrogen and oxygen atoms in total. The molecular weight excluding hydrogens is 423 g/mol. The zero-order valence-electron chi connectivity index (χ0n) is 17.4. The predicted octanol–water partition coefficient (Wildman–Crippen LogP) is 5.10. The first-order valence-electron chi connectivity index (χ1n) is 10.2. The molecule has 0 aliphatic rings. The Morgan fingerprint density at radius 1 is 1.03 bits per heavy atom. The van der Waals surface area contributed by atoms with E-state index in [0.717, 1.165) is 12.8 Å². The van der Waals surface area contributed by atoms with E-state index in [2.05, 4.69) is 12.2 Å². The minimum absolute atomic E-state index is 0.120. The monoisotopic (exact) mass is 450 g/mol. The summed E-state index contributed by atoms with van der Waals surface area (Å²) in [6.45, 7) is 4.43. The zero-order chi connectivity index (χ0) is 21.9. The maximum atomic E-state index is 13.1. The number of carbonyl (C=O) groups excluding carboxylic acids is 2. The second kappa shape index (κ2) is 12.5. The van der Waals surface area contributed by atoms with Crippen molar-refractivity contribution in [2.45, 2.75) is 45.7 Å². The highest BCUT2D eigenvalue weighted by Gasteiger charge is 2.29.